The lowest BCUT2D eigenvalue weighted by atomic mass is 10.2. The van der Waals surface area contributed by atoms with Crippen molar-refractivity contribution < 1.29 is 9.47 Å². The van der Waals surface area contributed by atoms with Crippen LogP contribution in [0.1, 0.15) is 11.4 Å². The Morgan fingerprint density at radius 3 is 2.53 bits per heavy atom. The van der Waals surface area contributed by atoms with Gasteiger partial charge < -0.3 is 9.47 Å². The highest BCUT2D eigenvalue weighted by molar-refractivity contribution is 6.29. The Morgan fingerprint density at radius 1 is 1.16 bits per heavy atom. The maximum absolute atomic E-state index is 8.93. The third-order valence-electron chi connectivity index (χ3n) is 2.25. The molecule has 0 aliphatic carbocycles. The van der Waals surface area contributed by atoms with Crippen LogP contribution < -0.4 is 9.47 Å². The van der Waals surface area contributed by atoms with Crippen LogP contribution in [0.3, 0.4) is 0 Å². The van der Waals surface area contributed by atoms with E-state index in [1.807, 2.05) is 6.07 Å². The Balaban J connectivity index is 2.35. The summed E-state index contributed by atoms with van der Waals surface area (Å²) in [5.74, 6) is 1.80. The van der Waals surface area contributed by atoms with E-state index < -0.39 is 0 Å². The summed E-state index contributed by atoms with van der Waals surface area (Å²) in [6.45, 7) is 1.71. The van der Waals surface area contributed by atoms with Gasteiger partial charge >= 0.3 is 0 Å². The molecule has 2 aromatic rings. The predicted octanol–water partition coefficient (Wildman–Crippen LogP) is 3.11. The molecule has 1 aromatic carbocycles. The second-order valence-corrected chi connectivity index (χ2v) is 4.07. The molecule has 96 valence electrons. The molecule has 0 saturated carbocycles. The topological polar surface area (TPSA) is 68.0 Å². The zero-order valence-electron chi connectivity index (χ0n) is 10.3. The summed E-state index contributed by atoms with van der Waals surface area (Å²) in [4.78, 5) is 8.04. The molecule has 0 amide bonds. The average Bonchev–Trinajstić information content (AvgIpc) is 2.37. The Labute approximate surface area is 115 Å². The first-order valence-electron chi connectivity index (χ1n) is 5.39. The van der Waals surface area contributed by atoms with Crippen LogP contribution in [0.4, 0.5) is 0 Å². The lowest BCUT2D eigenvalue weighted by Gasteiger charge is -2.08. The van der Waals surface area contributed by atoms with Gasteiger partial charge in [-0.1, -0.05) is 11.6 Å². The van der Waals surface area contributed by atoms with E-state index >= 15 is 0 Å². The van der Waals surface area contributed by atoms with Gasteiger partial charge in [0, 0.05) is 12.1 Å². The number of hydrogen-bond acceptors (Lipinski definition) is 5. The summed E-state index contributed by atoms with van der Waals surface area (Å²) in [6, 6.07) is 8.40. The maximum Gasteiger partial charge on any atom is 0.224 e. The molecular weight excluding hydrogens is 266 g/mol. The molecule has 0 spiro atoms. The van der Waals surface area contributed by atoms with E-state index in [0.717, 1.165) is 0 Å². The van der Waals surface area contributed by atoms with Crippen molar-refractivity contribution in [2.75, 3.05) is 7.11 Å². The highest BCUT2D eigenvalue weighted by Crippen LogP contribution is 2.27. The lowest BCUT2D eigenvalue weighted by Crippen LogP contribution is -1.94. The predicted molar refractivity (Wildman–Crippen MR) is 69.6 cm³/mol. The van der Waals surface area contributed by atoms with E-state index in [-0.39, 0.29) is 0 Å². The molecule has 0 saturated heterocycles. The Bertz CT molecular complexity index is 633. The summed E-state index contributed by atoms with van der Waals surface area (Å²) in [5, 5.41) is 9.23. The number of ether oxygens (including phenoxy) is 2. The monoisotopic (exact) mass is 275 g/mol. The van der Waals surface area contributed by atoms with Gasteiger partial charge in [-0.15, -0.1) is 0 Å². The van der Waals surface area contributed by atoms with Gasteiger partial charge in [0.25, 0.3) is 0 Å². The highest BCUT2D eigenvalue weighted by atomic mass is 35.5. The van der Waals surface area contributed by atoms with Gasteiger partial charge in [0.05, 0.1) is 18.7 Å². The fraction of sp³-hybridized carbons (Fsp3) is 0.154. The van der Waals surface area contributed by atoms with Crippen molar-refractivity contribution in [3.63, 3.8) is 0 Å². The van der Waals surface area contributed by atoms with E-state index in [4.69, 9.17) is 26.3 Å². The Hall–Kier alpha value is -2.32. The van der Waals surface area contributed by atoms with E-state index in [1.54, 1.807) is 25.1 Å². The van der Waals surface area contributed by atoms with E-state index in [0.29, 0.717) is 33.9 Å². The molecule has 5 nitrogen and oxygen atoms in total. The quantitative estimate of drug-likeness (QED) is 0.805. The molecular formula is C13H10ClN3O2. The number of halogens is 1. The SMILES string of the molecule is COc1cc(C#N)cc(Oc2cc(Cl)nc(C)n2)c1. The molecule has 0 aliphatic rings. The third kappa shape index (κ3) is 3.33. The van der Waals surface area contributed by atoms with Crippen LogP contribution in [-0.2, 0) is 0 Å². The van der Waals surface area contributed by atoms with E-state index in [2.05, 4.69) is 9.97 Å². The molecule has 0 bridgehead atoms. The second-order valence-electron chi connectivity index (χ2n) is 3.69. The maximum atomic E-state index is 8.93. The molecule has 0 N–H and O–H groups in total. The minimum Gasteiger partial charge on any atom is -0.497 e. The number of benzene rings is 1. The Kier molecular flexibility index (Phi) is 3.83. The molecule has 1 heterocycles. The zero-order chi connectivity index (χ0) is 13.8. The Morgan fingerprint density at radius 2 is 1.89 bits per heavy atom. The fourth-order valence-corrected chi connectivity index (χ4v) is 1.71. The molecule has 19 heavy (non-hydrogen) atoms. The van der Waals surface area contributed by atoms with Crippen molar-refractivity contribution in [3.8, 4) is 23.4 Å². The van der Waals surface area contributed by atoms with Crippen LogP contribution in [0.5, 0.6) is 17.4 Å². The smallest absolute Gasteiger partial charge is 0.224 e. The molecule has 0 unspecified atom stereocenters. The number of aromatic nitrogens is 2. The van der Waals surface area contributed by atoms with Crippen LogP contribution >= 0.6 is 11.6 Å². The molecule has 0 atom stereocenters. The van der Waals surface area contributed by atoms with Crippen LogP contribution in [-0.4, -0.2) is 17.1 Å². The minimum absolute atomic E-state index is 0.297. The normalized spacial score (nSPS) is 9.79. The molecule has 6 heteroatoms. The van der Waals surface area contributed by atoms with Crippen molar-refractivity contribution in [1.29, 1.82) is 5.26 Å². The van der Waals surface area contributed by atoms with Gasteiger partial charge in [-0.2, -0.15) is 10.2 Å². The molecule has 2 rings (SSSR count). The summed E-state index contributed by atoms with van der Waals surface area (Å²) < 4.78 is 10.7. The first-order chi connectivity index (χ1) is 9.10. The van der Waals surface area contributed by atoms with Gasteiger partial charge in [0.15, 0.2) is 0 Å². The molecule has 0 fully saturated rings. The molecule has 0 radical (unpaired) electrons. The summed E-state index contributed by atoms with van der Waals surface area (Å²) in [7, 11) is 1.52. The second kappa shape index (κ2) is 5.55. The van der Waals surface area contributed by atoms with E-state index in [9.17, 15) is 0 Å². The first kappa shape index (κ1) is 13.1. The van der Waals surface area contributed by atoms with Crippen LogP contribution in [0.25, 0.3) is 0 Å². The lowest BCUT2D eigenvalue weighted by molar-refractivity contribution is 0.407. The molecule has 1 aromatic heterocycles. The summed E-state index contributed by atoms with van der Waals surface area (Å²) in [5.41, 5.74) is 0.436. The molecule has 0 aliphatic heterocycles. The van der Waals surface area contributed by atoms with E-state index in [1.165, 1.54) is 13.2 Å². The third-order valence-corrected chi connectivity index (χ3v) is 2.44. The van der Waals surface area contributed by atoms with Gasteiger partial charge in [-0.3, -0.25) is 0 Å². The standard InChI is InChI=1S/C13H10ClN3O2/c1-8-16-12(14)6-13(17-8)19-11-4-9(7-15)3-10(5-11)18-2/h3-6H,1-2H3. The number of methoxy groups -OCH3 is 1. The van der Waals surface area contributed by atoms with Crippen molar-refractivity contribution in [2.24, 2.45) is 0 Å². The van der Waals surface area contributed by atoms with Crippen LogP contribution in [0.2, 0.25) is 5.15 Å². The van der Waals surface area contributed by atoms with Gasteiger partial charge in [0.1, 0.15) is 22.5 Å². The van der Waals surface area contributed by atoms with Crippen molar-refractivity contribution >= 4 is 11.6 Å². The summed E-state index contributed by atoms with van der Waals surface area (Å²) in [6.07, 6.45) is 0. The number of nitrogens with zero attached hydrogens (tertiary/aromatic N) is 3. The fourth-order valence-electron chi connectivity index (χ4n) is 1.49. The van der Waals surface area contributed by atoms with Crippen molar-refractivity contribution in [1.82, 2.24) is 9.97 Å². The van der Waals surface area contributed by atoms with Crippen molar-refractivity contribution in [2.45, 2.75) is 6.92 Å². The average molecular weight is 276 g/mol. The summed E-state index contributed by atoms with van der Waals surface area (Å²) >= 11 is 5.83. The number of nitriles is 1. The largest absolute Gasteiger partial charge is 0.497 e. The minimum atomic E-state index is 0.297. The van der Waals surface area contributed by atoms with Crippen molar-refractivity contribution in [3.05, 3.63) is 40.8 Å². The van der Waals surface area contributed by atoms with Crippen LogP contribution in [0.15, 0.2) is 24.3 Å². The number of hydrogen-bond donors (Lipinski definition) is 0. The highest BCUT2D eigenvalue weighted by Gasteiger charge is 2.06. The van der Waals surface area contributed by atoms with Crippen LogP contribution in [0, 0.1) is 18.3 Å². The number of rotatable bonds is 3. The van der Waals surface area contributed by atoms with Gasteiger partial charge in [0.2, 0.25) is 5.88 Å². The first-order valence-corrected chi connectivity index (χ1v) is 5.77. The number of aryl methyl sites for hydroxylation is 1. The van der Waals surface area contributed by atoms with Gasteiger partial charge in [-0.25, -0.2) is 4.98 Å². The zero-order valence-corrected chi connectivity index (χ0v) is 11.1. The van der Waals surface area contributed by atoms with Gasteiger partial charge in [-0.05, 0) is 19.1 Å².